The van der Waals surface area contributed by atoms with Crippen LogP contribution in [0.1, 0.15) is 45.2 Å². The second kappa shape index (κ2) is 8.51. The highest BCUT2D eigenvalue weighted by molar-refractivity contribution is 7.88. The van der Waals surface area contributed by atoms with Crippen molar-refractivity contribution in [1.82, 2.24) is 10.0 Å². The van der Waals surface area contributed by atoms with Gasteiger partial charge in [0.1, 0.15) is 0 Å². The van der Waals surface area contributed by atoms with Gasteiger partial charge in [0.05, 0.1) is 5.75 Å². The van der Waals surface area contributed by atoms with Crippen LogP contribution in [0.3, 0.4) is 0 Å². The smallest absolute Gasteiger partial charge is 0.215 e. The van der Waals surface area contributed by atoms with Crippen LogP contribution in [0.15, 0.2) is 24.3 Å². The maximum atomic E-state index is 12.0. The van der Waals surface area contributed by atoms with Gasteiger partial charge in [-0.1, -0.05) is 52.0 Å². The van der Waals surface area contributed by atoms with Crippen LogP contribution in [0.25, 0.3) is 0 Å². The van der Waals surface area contributed by atoms with E-state index in [0.717, 1.165) is 24.1 Å². The predicted molar refractivity (Wildman–Crippen MR) is 88.5 cm³/mol. The summed E-state index contributed by atoms with van der Waals surface area (Å²) in [6.45, 7) is 9.61. The molecule has 0 unspecified atom stereocenters. The average molecular weight is 312 g/mol. The van der Waals surface area contributed by atoms with Crippen molar-refractivity contribution in [1.29, 1.82) is 0 Å². The number of hydrogen-bond acceptors (Lipinski definition) is 3. The van der Waals surface area contributed by atoms with Crippen molar-refractivity contribution in [3.63, 3.8) is 0 Å². The lowest BCUT2D eigenvalue weighted by Gasteiger charge is -2.11. The Labute approximate surface area is 129 Å². The summed E-state index contributed by atoms with van der Waals surface area (Å²) in [6, 6.07) is 8.15. The summed E-state index contributed by atoms with van der Waals surface area (Å²) >= 11 is 0. The van der Waals surface area contributed by atoms with Crippen molar-refractivity contribution in [3.8, 4) is 0 Å². The minimum atomic E-state index is -3.25. The molecular formula is C16H28N2O2S. The van der Waals surface area contributed by atoms with Gasteiger partial charge in [-0.25, -0.2) is 13.1 Å². The fourth-order valence-electron chi connectivity index (χ4n) is 1.92. The zero-order valence-corrected chi connectivity index (χ0v) is 14.3. The molecule has 0 saturated carbocycles. The number of nitrogens with one attached hydrogen (secondary N) is 2. The fourth-order valence-corrected chi connectivity index (χ4v) is 3.07. The van der Waals surface area contributed by atoms with Crippen molar-refractivity contribution >= 4 is 10.0 Å². The Bertz CT molecular complexity index is 525. The van der Waals surface area contributed by atoms with E-state index in [4.69, 9.17) is 0 Å². The monoisotopic (exact) mass is 312 g/mol. The Morgan fingerprint density at radius 2 is 1.76 bits per heavy atom. The topological polar surface area (TPSA) is 58.2 Å². The summed E-state index contributed by atoms with van der Waals surface area (Å²) in [5, 5.41) is 3.33. The zero-order chi connectivity index (χ0) is 15.9. The lowest BCUT2D eigenvalue weighted by molar-refractivity contribution is 0.551. The molecule has 0 aliphatic carbocycles. The third kappa shape index (κ3) is 8.19. The van der Waals surface area contributed by atoms with E-state index in [9.17, 15) is 8.42 Å². The molecule has 1 aromatic rings. The van der Waals surface area contributed by atoms with E-state index in [0.29, 0.717) is 18.5 Å². The molecule has 0 radical (unpaired) electrons. The molecule has 0 spiro atoms. The lowest BCUT2D eigenvalue weighted by atomic mass is 10.1. The van der Waals surface area contributed by atoms with Gasteiger partial charge in [-0.15, -0.1) is 0 Å². The van der Waals surface area contributed by atoms with Gasteiger partial charge in [0.2, 0.25) is 10.0 Å². The summed E-state index contributed by atoms with van der Waals surface area (Å²) in [4.78, 5) is 0. The lowest BCUT2D eigenvalue weighted by Crippen LogP contribution is -2.27. The van der Waals surface area contributed by atoms with Crippen LogP contribution >= 0.6 is 0 Å². The summed E-state index contributed by atoms with van der Waals surface area (Å²) in [5.74, 6) is 0.541. The van der Waals surface area contributed by atoms with Crippen molar-refractivity contribution in [2.75, 3.05) is 6.54 Å². The van der Waals surface area contributed by atoms with Crippen LogP contribution in [-0.2, 0) is 22.3 Å². The van der Waals surface area contributed by atoms with Crippen LogP contribution in [-0.4, -0.2) is 21.0 Å². The molecule has 0 saturated heterocycles. The maximum Gasteiger partial charge on any atom is 0.215 e. The first-order valence-electron chi connectivity index (χ1n) is 7.57. The largest absolute Gasteiger partial charge is 0.310 e. The molecule has 120 valence electrons. The van der Waals surface area contributed by atoms with Crippen molar-refractivity contribution in [3.05, 3.63) is 35.4 Å². The summed E-state index contributed by atoms with van der Waals surface area (Å²) in [7, 11) is -3.25. The standard InChI is InChI=1S/C16H28N2O2S/c1-13(2)8-9-18-21(19,20)12-16-7-5-6-15(10-16)11-17-14(3)4/h5-7,10,13-14,17-18H,8-9,11-12H2,1-4H3. The summed E-state index contributed by atoms with van der Waals surface area (Å²) < 4.78 is 26.7. The van der Waals surface area contributed by atoms with Crippen LogP contribution < -0.4 is 10.0 Å². The van der Waals surface area contributed by atoms with Crippen molar-refractivity contribution in [2.45, 2.75) is 52.5 Å². The number of rotatable bonds is 9. The molecule has 0 aliphatic rings. The quantitative estimate of drug-likeness (QED) is 0.737. The molecule has 0 bridgehead atoms. The first kappa shape index (κ1) is 18.1. The number of hydrogen-bond donors (Lipinski definition) is 2. The van der Waals surface area contributed by atoms with Gasteiger partial charge in [0, 0.05) is 19.1 Å². The highest BCUT2D eigenvalue weighted by Crippen LogP contribution is 2.09. The highest BCUT2D eigenvalue weighted by atomic mass is 32.2. The predicted octanol–water partition coefficient (Wildman–Crippen LogP) is 2.65. The number of sulfonamides is 1. The molecule has 0 aliphatic heterocycles. The van der Waals surface area contributed by atoms with Gasteiger partial charge < -0.3 is 5.32 Å². The van der Waals surface area contributed by atoms with Crippen LogP contribution in [0.2, 0.25) is 0 Å². The first-order valence-corrected chi connectivity index (χ1v) is 9.22. The Balaban J connectivity index is 2.58. The summed E-state index contributed by atoms with van der Waals surface area (Å²) in [6.07, 6.45) is 0.859. The third-order valence-electron chi connectivity index (χ3n) is 3.11. The molecule has 0 aromatic heterocycles. The average Bonchev–Trinajstić information content (AvgIpc) is 2.35. The molecule has 4 nitrogen and oxygen atoms in total. The molecule has 2 N–H and O–H groups in total. The molecule has 1 aromatic carbocycles. The van der Waals surface area contributed by atoms with Crippen molar-refractivity contribution in [2.24, 2.45) is 5.92 Å². The Hall–Kier alpha value is -0.910. The second-order valence-electron chi connectivity index (χ2n) is 6.19. The van der Waals surface area contributed by atoms with Gasteiger partial charge in [-0.2, -0.15) is 0 Å². The van der Waals surface area contributed by atoms with Gasteiger partial charge in [0.25, 0.3) is 0 Å². The second-order valence-corrected chi connectivity index (χ2v) is 8.00. The maximum absolute atomic E-state index is 12.0. The van der Waals surface area contributed by atoms with E-state index in [2.05, 4.69) is 37.7 Å². The van der Waals surface area contributed by atoms with Gasteiger partial charge in [0.15, 0.2) is 0 Å². The van der Waals surface area contributed by atoms with Crippen LogP contribution in [0, 0.1) is 5.92 Å². The Kier molecular flexibility index (Phi) is 7.35. The van der Waals surface area contributed by atoms with E-state index >= 15 is 0 Å². The molecular weight excluding hydrogens is 284 g/mol. The molecule has 5 heteroatoms. The zero-order valence-electron chi connectivity index (χ0n) is 13.5. The first-order chi connectivity index (χ1) is 9.78. The Morgan fingerprint density at radius 3 is 2.38 bits per heavy atom. The summed E-state index contributed by atoms with van der Waals surface area (Å²) in [5.41, 5.74) is 1.94. The van der Waals surface area contributed by atoms with E-state index in [-0.39, 0.29) is 5.75 Å². The molecule has 1 rings (SSSR count). The molecule has 0 fully saturated rings. The van der Waals surface area contributed by atoms with Gasteiger partial charge in [-0.3, -0.25) is 0 Å². The minimum absolute atomic E-state index is 0.0423. The minimum Gasteiger partial charge on any atom is -0.310 e. The number of benzene rings is 1. The SMILES string of the molecule is CC(C)CCNS(=O)(=O)Cc1cccc(CNC(C)C)c1. The van der Waals surface area contributed by atoms with E-state index in [1.165, 1.54) is 0 Å². The van der Waals surface area contributed by atoms with Gasteiger partial charge in [-0.05, 0) is 23.5 Å². The molecule has 0 atom stereocenters. The third-order valence-corrected chi connectivity index (χ3v) is 4.46. The van der Waals surface area contributed by atoms with E-state index < -0.39 is 10.0 Å². The highest BCUT2D eigenvalue weighted by Gasteiger charge is 2.11. The fraction of sp³-hybridized carbons (Fsp3) is 0.625. The van der Waals surface area contributed by atoms with Gasteiger partial charge >= 0.3 is 0 Å². The van der Waals surface area contributed by atoms with Crippen molar-refractivity contribution < 1.29 is 8.42 Å². The van der Waals surface area contributed by atoms with E-state index in [1.807, 2.05) is 24.3 Å². The van der Waals surface area contributed by atoms with Crippen LogP contribution in [0.4, 0.5) is 0 Å². The molecule has 0 heterocycles. The molecule has 21 heavy (non-hydrogen) atoms. The molecule has 0 amide bonds. The van der Waals surface area contributed by atoms with Crippen LogP contribution in [0.5, 0.6) is 0 Å². The van der Waals surface area contributed by atoms with E-state index in [1.54, 1.807) is 0 Å². The normalized spacial score (nSPS) is 12.3. The Morgan fingerprint density at radius 1 is 1.10 bits per heavy atom.